The summed E-state index contributed by atoms with van der Waals surface area (Å²) in [5, 5.41) is 4.32. The minimum absolute atomic E-state index is 0.142. The van der Waals surface area contributed by atoms with Crippen molar-refractivity contribution in [3.05, 3.63) is 53.2 Å². The Morgan fingerprint density at radius 2 is 2.00 bits per heavy atom. The molecule has 0 aliphatic heterocycles. The first-order valence-electron chi connectivity index (χ1n) is 8.83. The lowest BCUT2D eigenvalue weighted by molar-refractivity contribution is -0.133. The van der Waals surface area contributed by atoms with Crippen molar-refractivity contribution in [2.75, 3.05) is 11.9 Å². The maximum absolute atomic E-state index is 12.7. The molecule has 0 bridgehead atoms. The standard InChI is InChI=1S/C20H24N4OS/c1-14(2)24(12-16-7-5-4-6-8-16)18(25)9-10-21-19-17-11-15(3)26-20(17)23-13-22-19/h4-8,11,13-14H,9-10,12H2,1-3H3,(H,21,22,23). The number of rotatable bonds is 7. The van der Waals surface area contributed by atoms with Crippen LogP contribution in [-0.4, -0.2) is 33.4 Å². The summed E-state index contributed by atoms with van der Waals surface area (Å²) >= 11 is 1.65. The number of carbonyl (C=O) groups excluding carboxylic acids is 1. The zero-order valence-corrected chi connectivity index (χ0v) is 16.2. The number of nitrogens with one attached hydrogen (secondary N) is 1. The van der Waals surface area contributed by atoms with Crippen molar-refractivity contribution in [1.29, 1.82) is 0 Å². The number of thiophene rings is 1. The molecule has 0 saturated carbocycles. The second-order valence-corrected chi connectivity index (χ2v) is 7.81. The predicted octanol–water partition coefficient (Wildman–Crippen LogP) is 4.24. The van der Waals surface area contributed by atoms with Crippen LogP contribution >= 0.6 is 11.3 Å². The number of carbonyl (C=O) groups is 1. The first kappa shape index (κ1) is 18.3. The summed E-state index contributed by atoms with van der Waals surface area (Å²) in [5.74, 6) is 0.939. The lowest BCUT2D eigenvalue weighted by Gasteiger charge is -2.27. The monoisotopic (exact) mass is 368 g/mol. The molecule has 0 fully saturated rings. The van der Waals surface area contributed by atoms with Gasteiger partial charge in [0.2, 0.25) is 5.91 Å². The molecule has 1 aromatic carbocycles. The highest BCUT2D eigenvalue weighted by Crippen LogP contribution is 2.27. The molecule has 3 rings (SSSR count). The third-order valence-corrected chi connectivity index (χ3v) is 5.18. The van der Waals surface area contributed by atoms with E-state index in [0.717, 1.165) is 21.6 Å². The molecule has 0 aliphatic carbocycles. The van der Waals surface area contributed by atoms with E-state index in [2.05, 4.69) is 54.3 Å². The van der Waals surface area contributed by atoms with Crippen LogP contribution in [0, 0.1) is 6.92 Å². The zero-order chi connectivity index (χ0) is 18.5. The smallest absolute Gasteiger partial charge is 0.224 e. The Bertz CT molecular complexity index is 876. The minimum Gasteiger partial charge on any atom is -0.369 e. The Hall–Kier alpha value is -2.47. The normalized spacial score (nSPS) is 11.1. The average Bonchev–Trinajstić information content (AvgIpc) is 3.01. The van der Waals surface area contributed by atoms with E-state index < -0.39 is 0 Å². The van der Waals surface area contributed by atoms with Gasteiger partial charge in [-0.3, -0.25) is 4.79 Å². The van der Waals surface area contributed by atoms with Gasteiger partial charge in [0.15, 0.2) is 0 Å². The number of amides is 1. The molecule has 136 valence electrons. The molecule has 0 radical (unpaired) electrons. The van der Waals surface area contributed by atoms with Crippen LogP contribution in [0.3, 0.4) is 0 Å². The van der Waals surface area contributed by atoms with Crippen molar-refractivity contribution in [3.63, 3.8) is 0 Å². The van der Waals surface area contributed by atoms with Crippen LogP contribution in [0.1, 0.15) is 30.7 Å². The molecule has 0 spiro atoms. The summed E-state index contributed by atoms with van der Waals surface area (Å²) < 4.78 is 0. The molecule has 0 atom stereocenters. The highest BCUT2D eigenvalue weighted by atomic mass is 32.1. The van der Waals surface area contributed by atoms with Gasteiger partial charge in [-0.2, -0.15) is 0 Å². The quantitative estimate of drug-likeness (QED) is 0.678. The van der Waals surface area contributed by atoms with E-state index in [1.54, 1.807) is 17.7 Å². The molecular weight excluding hydrogens is 344 g/mol. The van der Waals surface area contributed by atoms with Gasteiger partial charge < -0.3 is 10.2 Å². The van der Waals surface area contributed by atoms with Crippen LogP contribution in [0.2, 0.25) is 0 Å². The van der Waals surface area contributed by atoms with Crippen LogP contribution in [0.25, 0.3) is 10.2 Å². The molecule has 6 heteroatoms. The summed E-state index contributed by atoms with van der Waals surface area (Å²) in [6.07, 6.45) is 2.00. The molecule has 1 amide bonds. The van der Waals surface area contributed by atoms with Gasteiger partial charge in [0.1, 0.15) is 17.0 Å². The zero-order valence-electron chi connectivity index (χ0n) is 15.4. The number of fused-ring (bicyclic) bond motifs is 1. The van der Waals surface area contributed by atoms with Crippen LogP contribution in [0.15, 0.2) is 42.7 Å². The van der Waals surface area contributed by atoms with Gasteiger partial charge in [-0.05, 0) is 32.4 Å². The summed E-state index contributed by atoms with van der Waals surface area (Å²) in [6.45, 7) is 7.35. The van der Waals surface area contributed by atoms with Crippen molar-refractivity contribution in [2.45, 2.75) is 39.8 Å². The number of nitrogens with zero attached hydrogens (tertiary/aromatic N) is 3. The van der Waals surface area contributed by atoms with Crippen LogP contribution in [-0.2, 0) is 11.3 Å². The highest BCUT2D eigenvalue weighted by molar-refractivity contribution is 7.18. The number of anilines is 1. The fraction of sp³-hybridized carbons (Fsp3) is 0.350. The molecular formula is C20H24N4OS. The van der Waals surface area contributed by atoms with Gasteiger partial charge in [-0.15, -0.1) is 11.3 Å². The van der Waals surface area contributed by atoms with Gasteiger partial charge in [0.25, 0.3) is 0 Å². The number of aromatic nitrogens is 2. The molecule has 0 aliphatic rings. The van der Waals surface area contributed by atoms with E-state index in [1.165, 1.54) is 4.88 Å². The number of hydrogen-bond acceptors (Lipinski definition) is 5. The highest BCUT2D eigenvalue weighted by Gasteiger charge is 2.17. The largest absolute Gasteiger partial charge is 0.369 e. The fourth-order valence-electron chi connectivity index (χ4n) is 2.89. The molecule has 0 unspecified atom stereocenters. The summed E-state index contributed by atoms with van der Waals surface area (Å²) in [5.41, 5.74) is 1.15. The lowest BCUT2D eigenvalue weighted by Crippen LogP contribution is -2.37. The first-order valence-corrected chi connectivity index (χ1v) is 9.64. The molecule has 2 aromatic heterocycles. The van der Waals surface area contributed by atoms with Crippen LogP contribution in [0.5, 0.6) is 0 Å². The third kappa shape index (κ3) is 4.38. The van der Waals surface area contributed by atoms with E-state index in [9.17, 15) is 4.79 Å². The Labute approximate surface area is 158 Å². The molecule has 3 aromatic rings. The molecule has 2 heterocycles. The maximum atomic E-state index is 12.7. The van der Waals surface area contributed by atoms with E-state index >= 15 is 0 Å². The first-order chi connectivity index (χ1) is 12.5. The molecule has 26 heavy (non-hydrogen) atoms. The lowest BCUT2D eigenvalue weighted by atomic mass is 10.1. The van der Waals surface area contributed by atoms with E-state index in [1.807, 2.05) is 23.1 Å². The second kappa shape index (κ2) is 8.27. The van der Waals surface area contributed by atoms with Crippen molar-refractivity contribution >= 4 is 33.3 Å². The Morgan fingerprint density at radius 1 is 1.23 bits per heavy atom. The molecule has 1 N–H and O–H groups in total. The summed E-state index contributed by atoms with van der Waals surface area (Å²) in [6, 6.07) is 12.3. The van der Waals surface area contributed by atoms with Gasteiger partial charge >= 0.3 is 0 Å². The summed E-state index contributed by atoms with van der Waals surface area (Å²) in [4.78, 5) is 25.4. The van der Waals surface area contributed by atoms with Crippen molar-refractivity contribution in [1.82, 2.24) is 14.9 Å². The van der Waals surface area contributed by atoms with Crippen LogP contribution < -0.4 is 5.32 Å². The van der Waals surface area contributed by atoms with E-state index in [4.69, 9.17) is 0 Å². The minimum atomic E-state index is 0.142. The third-order valence-electron chi connectivity index (χ3n) is 4.22. The number of hydrogen-bond donors (Lipinski definition) is 1. The Morgan fingerprint density at radius 3 is 2.73 bits per heavy atom. The van der Waals surface area contributed by atoms with Gasteiger partial charge in [0.05, 0.1) is 5.39 Å². The van der Waals surface area contributed by atoms with E-state index in [0.29, 0.717) is 19.5 Å². The molecule has 5 nitrogen and oxygen atoms in total. The average molecular weight is 369 g/mol. The number of benzene rings is 1. The van der Waals surface area contributed by atoms with Crippen molar-refractivity contribution in [2.24, 2.45) is 0 Å². The SMILES string of the molecule is Cc1cc2c(NCCC(=O)N(Cc3ccccc3)C(C)C)ncnc2s1. The fourth-order valence-corrected chi connectivity index (χ4v) is 3.73. The van der Waals surface area contributed by atoms with Gasteiger partial charge in [-0.1, -0.05) is 30.3 Å². The van der Waals surface area contributed by atoms with Crippen molar-refractivity contribution in [3.8, 4) is 0 Å². The Kier molecular flexibility index (Phi) is 5.83. The van der Waals surface area contributed by atoms with Gasteiger partial charge in [0, 0.05) is 30.4 Å². The van der Waals surface area contributed by atoms with Crippen molar-refractivity contribution < 1.29 is 4.79 Å². The second-order valence-electron chi connectivity index (χ2n) is 6.58. The summed E-state index contributed by atoms with van der Waals surface area (Å²) in [7, 11) is 0. The van der Waals surface area contributed by atoms with E-state index in [-0.39, 0.29) is 11.9 Å². The topological polar surface area (TPSA) is 58.1 Å². The van der Waals surface area contributed by atoms with Crippen LogP contribution in [0.4, 0.5) is 5.82 Å². The Balaban J connectivity index is 1.61. The maximum Gasteiger partial charge on any atom is 0.224 e. The predicted molar refractivity (Wildman–Crippen MR) is 107 cm³/mol. The van der Waals surface area contributed by atoms with Gasteiger partial charge in [-0.25, -0.2) is 9.97 Å². The molecule has 0 saturated heterocycles. The number of aryl methyl sites for hydroxylation is 1.